The Bertz CT molecular complexity index is 681. The predicted molar refractivity (Wildman–Crippen MR) is 81.5 cm³/mol. The Hall–Kier alpha value is -1.36. The molecule has 0 radical (unpaired) electrons. The van der Waals surface area contributed by atoms with E-state index in [1.807, 2.05) is 18.2 Å². The molecule has 0 amide bonds. The molecule has 2 aromatic rings. The number of aryl methyl sites for hydroxylation is 1. The van der Waals surface area contributed by atoms with E-state index < -0.39 is 10.0 Å². The summed E-state index contributed by atoms with van der Waals surface area (Å²) in [6.07, 6.45) is 0.627. The average Bonchev–Trinajstić information content (AvgIpc) is 2.41. The van der Waals surface area contributed by atoms with Crippen molar-refractivity contribution in [2.45, 2.75) is 18.2 Å². The highest BCUT2D eigenvalue weighted by atomic mass is 35.5. The van der Waals surface area contributed by atoms with Gasteiger partial charge in [-0.1, -0.05) is 41.9 Å². The molecule has 0 bridgehead atoms. The summed E-state index contributed by atoms with van der Waals surface area (Å²) >= 11 is 5.80. The summed E-state index contributed by atoms with van der Waals surface area (Å²) in [5.74, 6) is 0. The van der Waals surface area contributed by atoms with Crippen molar-refractivity contribution >= 4 is 21.6 Å². The molecule has 0 saturated heterocycles. The standard InChI is InChI=1S/C15H16ClNO2S/c1-12-4-2-3-5-15(12)20(18,19)17-11-10-13-6-8-14(16)9-7-13/h2-9,17H,10-11H2,1H3. The molecule has 2 rings (SSSR count). The van der Waals surface area contributed by atoms with E-state index in [2.05, 4.69) is 4.72 Å². The van der Waals surface area contributed by atoms with Gasteiger partial charge < -0.3 is 0 Å². The van der Waals surface area contributed by atoms with Gasteiger partial charge in [0.1, 0.15) is 0 Å². The SMILES string of the molecule is Cc1ccccc1S(=O)(=O)NCCc1ccc(Cl)cc1. The topological polar surface area (TPSA) is 46.2 Å². The molecular formula is C15H16ClNO2S. The van der Waals surface area contributed by atoms with Crippen molar-refractivity contribution in [2.24, 2.45) is 0 Å². The molecule has 20 heavy (non-hydrogen) atoms. The third kappa shape index (κ3) is 3.82. The van der Waals surface area contributed by atoms with Crippen LogP contribution in [0.3, 0.4) is 0 Å². The maximum Gasteiger partial charge on any atom is 0.240 e. The summed E-state index contributed by atoms with van der Waals surface area (Å²) in [4.78, 5) is 0.330. The highest BCUT2D eigenvalue weighted by Crippen LogP contribution is 2.14. The number of rotatable bonds is 5. The van der Waals surface area contributed by atoms with Crippen LogP contribution in [-0.4, -0.2) is 15.0 Å². The number of hydrogen-bond donors (Lipinski definition) is 1. The first kappa shape index (κ1) is 15.0. The molecule has 0 aliphatic rings. The second-order valence-electron chi connectivity index (χ2n) is 4.54. The molecule has 0 aromatic heterocycles. The fraction of sp³-hybridized carbons (Fsp3) is 0.200. The van der Waals surface area contributed by atoms with E-state index in [4.69, 9.17) is 11.6 Å². The molecule has 0 spiro atoms. The zero-order valence-electron chi connectivity index (χ0n) is 11.1. The zero-order chi connectivity index (χ0) is 14.6. The minimum absolute atomic E-state index is 0.330. The normalized spacial score (nSPS) is 11.5. The van der Waals surface area contributed by atoms with Gasteiger partial charge in [-0.3, -0.25) is 0 Å². The Labute approximate surface area is 124 Å². The quantitative estimate of drug-likeness (QED) is 0.922. The van der Waals surface area contributed by atoms with Gasteiger partial charge in [-0.2, -0.15) is 0 Å². The lowest BCUT2D eigenvalue weighted by molar-refractivity contribution is 0.581. The maximum atomic E-state index is 12.2. The van der Waals surface area contributed by atoms with Crippen molar-refractivity contribution in [3.63, 3.8) is 0 Å². The minimum atomic E-state index is -3.45. The van der Waals surface area contributed by atoms with Crippen LogP contribution in [-0.2, 0) is 16.4 Å². The van der Waals surface area contributed by atoms with Crippen LogP contribution in [0, 0.1) is 6.92 Å². The Kier molecular flexibility index (Phi) is 4.81. The van der Waals surface area contributed by atoms with Gasteiger partial charge in [0.05, 0.1) is 4.90 Å². The Balaban J connectivity index is 2.00. The molecule has 0 saturated carbocycles. The second-order valence-corrected chi connectivity index (χ2v) is 6.71. The first-order valence-electron chi connectivity index (χ1n) is 6.29. The Morgan fingerprint density at radius 2 is 1.70 bits per heavy atom. The number of hydrogen-bond acceptors (Lipinski definition) is 2. The molecule has 3 nitrogen and oxygen atoms in total. The molecule has 106 valence electrons. The summed E-state index contributed by atoms with van der Waals surface area (Å²) in [6, 6.07) is 14.3. The zero-order valence-corrected chi connectivity index (χ0v) is 12.7. The van der Waals surface area contributed by atoms with E-state index in [1.165, 1.54) is 0 Å². The predicted octanol–water partition coefficient (Wildman–Crippen LogP) is 3.17. The van der Waals surface area contributed by atoms with Crippen LogP contribution < -0.4 is 4.72 Å². The maximum absolute atomic E-state index is 12.2. The first-order valence-corrected chi connectivity index (χ1v) is 8.15. The van der Waals surface area contributed by atoms with Crippen molar-refractivity contribution in [3.8, 4) is 0 Å². The smallest absolute Gasteiger partial charge is 0.211 e. The summed E-state index contributed by atoms with van der Waals surface area (Å²) < 4.78 is 26.9. The minimum Gasteiger partial charge on any atom is -0.211 e. The van der Waals surface area contributed by atoms with Gasteiger partial charge >= 0.3 is 0 Å². The molecule has 0 atom stereocenters. The van der Waals surface area contributed by atoms with E-state index in [0.717, 1.165) is 11.1 Å². The van der Waals surface area contributed by atoms with E-state index in [1.54, 1.807) is 37.3 Å². The van der Waals surface area contributed by atoms with E-state index in [0.29, 0.717) is 22.9 Å². The fourth-order valence-corrected chi connectivity index (χ4v) is 3.32. The van der Waals surface area contributed by atoms with Gasteiger partial charge in [0.25, 0.3) is 0 Å². The van der Waals surface area contributed by atoms with E-state index in [-0.39, 0.29) is 0 Å². The summed E-state index contributed by atoms with van der Waals surface area (Å²) in [7, 11) is -3.45. The molecule has 0 unspecified atom stereocenters. The number of benzene rings is 2. The first-order chi connectivity index (χ1) is 9.49. The third-order valence-corrected chi connectivity index (χ3v) is 4.88. The van der Waals surface area contributed by atoms with Gasteiger partial charge in [-0.25, -0.2) is 13.1 Å². The lowest BCUT2D eigenvalue weighted by atomic mass is 10.2. The van der Waals surface area contributed by atoms with Gasteiger partial charge in [0.2, 0.25) is 10.0 Å². The van der Waals surface area contributed by atoms with Crippen LogP contribution in [0.2, 0.25) is 5.02 Å². The van der Waals surface area contributed by atoms with E-state index in [9.17, 15) is 8.42 Å². The number of halogens is 1. The van der Waals surface area contributed by atoms with Crippen molar-refractivity contribution in [3.05, 3.63) is 64.7 Å². The van der Waals surface area contributed by atoms with E-state index >= 15 is 0 Å². The molecule has 0 aliphatic heterocycles. The molecular weight excluding hydrogens is 294 g/mol. The lowest BCUT2D eigenvalue weighted by Gasteiger charge is -2.09. The Morgan fingerprint density at radius 3 is 2.35 bits per heavy atom. The van der Waals surface area contributed by atoms with Crippen LogP contribution in [0.1, 0.15) is 11.1 Å². The van der Waals surface area contributed by atoms with Crippen molar-refractivity contribution < 1.29 is 8.42 Å². The molecule has 0 heterocycles. The fourth-order valence-electron chi connectivity index (χ4n) is 1.92. The Morgan fingerprint density at radius 1 is 1.05 bits per heavy atom. The van der Waals surface area contributed by atoms with Crippen LogP contribution in [0.15, 0.2) is 53.4 Å². The third-order valence-electron chi connectivity index (χ3n) is 3.00. The van der Waals surface area contributed by atoms with Crippen LogP contribution in [0.25, 0.3) is 0 Å². The van der Waals surface area contributed by atoms with Crippen LogP contribution >= 0.6 is 11.6 Å². The summed E-state index contributed by atoms with van der Waals surface area (Å²) in [6.45, 7) is 2.14. The second kappa shape index (κ2) is 6.39. The van der Waals surface area contributed by atoms with Crippen molar-refractivity contribution in [1.29, 1.82) is 0 Å². The van der Waals surface area contributed by atoms with Gasteiger partial charge in [0, 0.05) is 11.6 Å². The number of nitrogens with one attached hydrogen (secondary N) is 1. The highest BCUT2D eigenvalue weighted by Gasteiger charge is 2.15. The van der Waals surface area contributed by atoms with Crippen molar-refractivity contribution in [2.75, 3.05) is 6.54 Å². The molecule has 1 N–H and O–H groups in total. The van der Waals surface area contributed by atoms with Crippen LogP contribution in [0.5, 0.6) is 0 Å². The van der Waals surface area contributed by atoms with Crippen LogP contribution in [0.4, 0.5) is 0 Å². The monoisotopic (exact) mass is 309 g/mol. The molecule has 2 aromatic carbocycles. The molecule has 0 fully saturated rings. The summed E-state index contributed by atoms with van der Waals surface area (Å²) in [5, 5.41) is 0.675. The molecule has 5 heteroatoms. The van der Waals surface area contributed by atoms with Gasteiger partial charge in [0.15, 0.2) is 0 Å². The average molecular weight is 310 g/mol. The van der Waals surface area contributed by atoms with Crippen molar-refractivity contribution in [1.82, 2.24) is 4.72 Å². The highest BCUT2D eigenvalue weighted by molar-refractivity contribution is 7.89. The largest absolute Gasteiger partial charge is 0.240 e. The van der Waals surface area contributed by atoms with Gasteiger partial charge in [-0.15, -0.1) is 0 Å². The summed E-state index contributed by atoms with van der Waals surface area (Å²) in [5.41, 5.74) is 1.79. The lowest BCUT2D eigenvalue weighted by Crippen LogP contribution is -2.26. The van der Waals surface area contributed by atoms with Gasteiger partial charge in [-0.05, 0) is 42.7 Å². The number of sulfonamides is 1. The molecule has 0 aliphatic carbocycles.